The molecule has 0 radical (unpaired) electrons. The Bertz CT molecular complexity index is 621. The lowest BCUT2D eigenvalue weighted by molar-refractivity contribution is -0.116. The number of aromatic nitrogens is 1. The molecule has 100 valence electrons. The van der Waals surface area contributed by atoms with E-state index in [9.17, 15) is 4.79 Å². The van der Waals surface area contributed by atoms with Crippen LogP contribution < -0.4 is 5.43 Å². The van der Waals surface area contributed by atoms with E-state index in [1.54, 1.807) is 36.7 Å². The first-order valence-electron chi connectivity index (χ1n) is 5.91. The summed E-state index contributed by atoms with van der Waals surface area (Å²) in [5.41, 5.74) is 4.11. The molecular formula is C15H12ClN3O. The second-order valence-corrected chi connectivity index (χ2v) is 4.34. The molecule has 1 amide bonds. The molecule has 2 aromatic rings. The number of amides is 1. The molecule has 20 heavy (non-hydrogen) atoms. The topological polar surface area (TPSA) is 54.4 Å². The minimum Gasteiger partial charge on any atom is -0.268 e. The van der Waals surface area contributed by atoms with E-state index in [-0.39, 0.29) is 5.91 Å². The highest BCUT2D eigenvalue weighted by atomic mass is 35.5. The van der Waals surface area contributed by atoms with Crippen molar-refractivity contribution in [2.45, 2.75) is 0 Å². The molecular weight excluding hydrogens is 274 g/mol. The maximum Gasteiger partial charge on any atom is 0.264 e. The van der Waals surface area contributed by atoms with E-state index in [0.29, 0.717) is 5.02 Å². The summed E-state index contributed by atoms with van der Waals surface area (Å²) in [4.78, 5) is 15.5. The number of nitrogens with zero attached hydrogens (tertiary/aromatic N) is 2. The predicted molar refractivity (Wildman–Crippen MR) is 80.5 cm³/mol. The molecule has 0 unspecified atom stereocenters. The first-order chi connectivity index (χ1) is 9.74. The zero-order valence-corrected chi connectivity index (χ0v) is 11.3. The van der Waals surface area contributed by atoms with Crippen LogP contribution in [0.3, 0.4) is 0 Å². The Morgan fingerprint density at radius 2 is 2.00 bits per heavy atom. The molecule has 0 saturated heterocycles. The summed E-state index contributed by atoms with van der Waals surface area (Å²) in [6.45, 7) is 0. The molecule has 2 rings (SSSR count). The van der Waals surface area contributed by atoms with E-state index in [2.05, 4.69) is 15.5 Å². The number of carbonyl (C=O) groups excluding carboxylic acids is 1. The molecule has 4 nitrogen and oxygen atoms in total. The second-order valence-electron chi connectivity index (χ2n) is 3.91. The fraction of sp³-hybridized carbons (Fsp3) is 0. The van der Waals surface area contributed by atoms with E-state index in [4.69, 9.17) is 11.6 Å². The van der Waals surface area contributed by atoms with Crippen molar-refractivity contribution in [3.63, 3.8) is 0 Å². The van der Waals surface area contributed by atoms with Crippen LogP contribution in [0.15, 0.2) is 60.0 Å². The number of benzene rings is 1. The van der Waals surface area contributed by atoms with Crippen LogP contribution in [-0.2, 0) is 4.79 Å². The average molecular weight is 286 g/mol. The average Bonchev–Trinajstić information content (AvgIpc) is 2.48. The van der Waals surface area contributed by atoms with Gasteiger partial charge in [-0.15, -0.1) is 0 Å². The highest BCUT2D eigenvalue weighted by Gasteiger charge is 1.93. The van der Waals surface area contributed by atoms with Crippen LogP contribution in [0.2, 0.25) is 5.02 Å². The van der Waals surface area contributed by atoms with E-state index >= 15 is 0 Å². The normalized spacial score (nSPS) is 11.1. The van der Waals surface area contributed by atoms with E-state index in [1.807, 2.05) is 18.2 Å². The van der Waals surface area contributed by atoms with Gasteiger partial charge in [-0.25, -0.2) is 5.43 Å². The molecule has 0 atom stereocenters. The van der Waals surface area contributed by atoms with Gasteiger partial charge in [-0.2, -0.15) is 5.10 Å². The van der Waals surface area contributed by atoms with Gasteiger partial charge in [0.15, 0.2) is 0 Å². The highest BCUT2D eigenvalue weighted by Crippen LogP contribution is 2.10. The van der Waals surface area contributed by atoms with E-state index < -0.39 is 0 Å². The van der Waals surface area contributed by atoms with Crippen LogP contribution in [-0.4, -0.2) is 17.1 Å². The Labute approximate surface area is 121 Å². The van der Waals surface area contributed by atoms with E-state index in [0.717, 1.165) is 11.1 Å². The van der Waals surface area contributed by atoms with Crippen molar-refractivity contribution in [3.05, 3.63) is 71.0 Å². The first kappa shape index (κ1) is 14.0. The summed E-state index contributed by atoms with van der Waals surface area (Å²) in [5.74, 6) is -0.305. The summed E-state index contributed by atoms with van der Waals surface area (Å²) >= 11 is 5.77. The van der Waals surface area contributed by atoms with Crippen molar-refractivity contribution in [1.29, 1.82) is 0 Å². The Hall–Kier alpha value is -2.46. The van der Waals surface area contributed by atoms with Crippen molar-refractivity contribution < 1.29 is 4.79 Å². The number of rotatable bonds is 4. The van der Waals surface area contributed by atoms with Gasteiger partial charge in [-0.3, -0.25) is 9.78 Å². The van der Waals surface area contributed by atoms with Gasteiger partial charge in [0, 0.05) is 29.1 Å². The molecule has 1 heterocycles. The van der Waals surface area contributed by atoms with Crippen LogP contribution in [0.1, 0.15) is 11.1 Å². The fourth-order valence-electron chi connectivity index (χ4n) is 1.41. The molecule has 0 aliphatic heterocycles. The number of halogens is 1. The minimum absolute atomic E-state index is 0.305. The molecule has 1 aromatic heterocycles. The van der Waals surface area contributed by atoms with Crippen molar-refractivity contribution in [3.8, 4) is 0 Å². The van der Waals surface area contributed by atoms with Gasteiger partial charge in [-0.05, 0) is 29.8 Å². The quantitative estimate of drug-likeness (QED) is 0.533. The molecule has 0 aliphatic carbocycles. The first-order valence-corrected chi connectivity index (χ1v) is 6.28. The summed E-state index contributed by atoms with van der Waals surface area (Å²) in [7, 11) is 0. The molecule has 0 fully saturated rings. The fourth-order valence-corrected chi connectivity index (χ4v) is 1.53. The van der Waals surface area contributed by atoms with Gasteiger partial charge in [-0.1, -0.05) is 29.8 Å². The second kappa shape index (κ2) is 7.21. The van der Waals surface area contributed by atoms with Crippen LogP contribution >= 0.6 is 11.6 Å². The minimum atomic E-state index is -0.305. The van der Waals surface area contributed by atoms with Gasteiger partial charge in [0.2, 0.25) is 0 Å². The SMILES string of the molecule is O=C(/C=C/c1ccc(Cl)cc1)N/N=C\c1cccnc1. The lowest BCUT2D eigenvalue weighted by Gasteiger charge is -1.95. The van der Waals surface area contributed by atoms with Crippen LogP contribution in [0.5, 0.6) is 0 Å². The maximum atomic E-state index is 11.5. The monoisotopic (exact) mass is 285 g/mol. The Kier molecular flexibility index (Phi) is 5.03. The zero-order valence-electron chi connectivity index (χ0n) is 10.5. The third-order valence-electron chi connectivity index (χ3n) is 2.37. The Morgan fingerprint density at radius 3 is 2.70 bits per heavy atom. The van der Waals surface area contributed by atoms with Crippen molar-refractivity contribution in [2.24, 2.45) is 5.10 Å². The molecule has 5 heteroatoms. The predicted octanol–water partition coefficient (Wildman–Crippen LogP) is 2.90. The van der Waals surface area contributed by atoms with Crippen LogP contribution in [0.25, 0.3) is 6.08 Å². The van der Waals surface area contributed by atoms with Gasteiger partial charge in [0.25, 0.3) is 5.91 Å². The van der Waals surface area contributed by atoms with Gasteiger partial charge >= 0.3 is 0 Å². The Morgan fingerprint density at radius 1 is 1.20 bits per heavy atom. The van der Waals surface area contributed by atoms with E-state index in [1.165, 1.54) is 12.3 Å². The number of hydrazone groups is 1. The summed E-state index contributed by atoms with van der Waals surface area (Å²) in [6.07, 6.45) is 7.94. The van der Waals surface area contributed by atoms with Crippen LogP contribution in [0.4, 0.5) is 0 Å². The number of carbonyl (C=O) groups is 1. The molecule has 0 saturated carbocycles. The lowest BCUT2D eigenvalue weighted by atomic mass is 10.2. The summed E-state index contributed by atoms with van der Waals surface area (Å²) in [6, 6.07) is 10.8. The number of hydrogen-bond donors (Lipinski definition) is 1. The van der Waals surface area contributed by atoms with Crippen LogP contribution in [0, 0.1) is 0 Å². The Balaban J connectivity index is 1.86. The molecule has 1 aromatic carbocycles. The molecule has 0 aliphatic rings. The summed E-state index contributed by atoms with van der Waals surface area (Å²) in [5, 5.41) is 4.49. The van der Waals surface area contributed by atoms with Crippen molar-refractivity contribution in [2.75, 3.05) is 0 Å². The van der Waals surface area contributed by atoms with Gasteiger partial charge in [0.05, 0.1) is 6.21 Å². The van der Waals surface area contributed by atoms with Crippen molar-refractivity contribution >= 4 is 29.8 Å². The molecule has 0 bridgehead atoms. The number of pyridine rings is 1. The third kappa shape index (κ3) is 4.66. The standard InChI is InChI=1S/C15H12ClN3O/c16-14-6-3-12(4-7-14)5-8-15(20)19-18-11-13-2-1-9-17-10-13/h1-11H,(H,19,20)/b8-5+,18-11-. The molecule has 1 N–H and O–H groups in total. The smallest absolute Gasteiger partial charge is 0.264 e. The largest absolute Gasteiger partial charge is 0.268 e. The third-order valence-corrected chi connectivity index (χ3v) is 2.62. The van der Waals surface area contributed by atoms with Crippen molar-refractivity contribution in [1.82, 2.24) is 10.4 Å². The number of hydrogen-bond acceptors (Lipinski definition) is 3. The van der Waals surface area contributed by atoms with Gasteiger partial charge in [0.1, 0.15) is 0 Å². The lowest BCUT2D eigenvalue weighted by Crippen LogP contribution is -2.14. The highest BCUT2D eigenvalue weighted by molar-refractivity contribution is 6.30. The maximum absolute atomic E-state index is 11.5. The van der Waals surface area contributed by atoms with Gasteiger partial charge < -0.3 is 0 Å². The zero-order chi connectivity index (χ0) is 14.2. The number of nitrogens with one attached hydrogen (secondary N) is 1. The molecule has 0 spiro atoms. The summed E-state index contributed by atoms with van der Waals surface area (Å²) < 4.78 is 0.